The summed E-state index contributed by atoms with van der Waals surface area (Å²) in [5.41, 5.74) is -0.890. The van der Waals surface area contributed by atoms with E-state index in [2.05, 4.69) is 13.2 Å². The van der Waals surface area contributed by atoms with Gasteiger partial charge in [0.25, 0.3) is 10.0 Å². The predicted octanol–water partition coefficient (Wildman–Crippen LogP) is 2.64. The second kappa shape index (κ2) is 8.86. The van der Waals surface area contributed by atoms with E-state index < -0.39 is 39.0 Å². The van der Waals surface area contributed by atoms with Crippen LogP contribution < -0.4 is 0 Å². The lowest BCUT2D eigenvalue weighted by atomic mass is 10.2. The van der Waals surface area contributed by atoms with Gasteiger partial charge in [-0.25, -0.2) is 13.2 Å². The number of hydrogen-bond acceptors (Lipinski definition) is 6. The lowest BCUT2D eigenvalue weighted by molar-refractivity contribution is -0.146. The van der Waals surface area contributed by atoms with Gasteiger partial charge in [0.2, 0.25) is 0 Å². The topological polar surface area (TPSA) is 90.0 Å². The molecule has 0 aliphatic heterocycles. The molecule has 138 valence electrons. The van der Waals surface area contributed by atoms with Crippen LogP contribution in [0.15, 0.2) is 25.3 Å². The maximum atomic E-state index is 12.8. The fourth-order valence-corrected chi connectivity index (χ4v) is 3.21. The quantitative estimate of drug-likeness (QED) is 0.488. The standard InChI is InChI=1S/C16H27NO6S/c1-8-10-13(14(18)22-12(3)4)24(20,21)17(11-9-2)15(19)23-16(5,6)7/h8-9,12-13H,1-2,10-11H2,3-7H3. The Balaban J connectivity index is 5.75. The third-order valence-corrected chi connectivity index (χ3v) is 4.57. The van der Waals surface area contributed by atoms with Gasteiger partial charge < -0.3 is 9.47 Å². The van der Waals surface area contributed by atoms with Crippen LogP contribution in [0.5, 0.6) is 0 Å². The van der Waals surface area contributed by atoms with Crippen molar-refractivity contribution < 1.29 is 27.5 Å². The monoisotopic (exact) mass is 361 g/mol. The molecular weight excluding hydrogens is 334 g/mol. The number of esters is 1. The SMILES string of the molecule is C=CCC(C(=O)OC(C)C)S(=O)(=O)N(CC=C)C(=O)OC(C)(C)C. The molecule has 1 atom stereocenters. The third-order valence-electron chi connectivity index (χ3n) is 2.55. The van der Waals surface area contributed by atoms with Gasteiger partial charge in [0, 0.05) is 0 Å². The van der Waals surface area contributed by atoms with Crippen LogP contribution in [0, 0.1) is 0 Å². The molecule has 0 heterocycles. The number of hydrogen-bond donors (Lipinski definition) is 0. The minimum Gasteiger partial charge on any atom is -0.462 e. The van der Waals surface area contributed by atoms with Gasteiger partial charge in [-0.1, -0.05) is 12.2 Å². The summed E-state index contributed by atoms with van der Waals surface area (Å²) < 4.78 is 36.2. The second-order valence-corrected chi connectivity index (χ2v) is 8.38. The molecule has 0 aliphatic rings. The molecule has 0 aromatic carbocycles. The molecule has 0 N–H and O–H groups in total. The Bertz CT molecular complexity index is 574. The zero-order valence-electron chi connectivity index (χ0n) is 14.9. The largest absolute Gasteiger partial charge is 0.462 e. The number of rotatable bonds is 8. The van der Waals surface area contributed by atoms with Crippen LogP contribution in [-0.4, -0.2) is 48.3 Å². The summed E-state index contributed by atoms with van der Waals surface area (Å²) in [5.74, 6) is -0.942. The molecule has 0 bridgehead atoms. The Morgan fingerprint density at radius 3 is 2.08 bits per heavy atom. The fourth-order valence-electron chi connectivity index (χ4n) is 1.67. The molecular formula is C16H27NO6S. The molecule has 0 rings (SSSR count). The van der Waals surface area contributed by atoms with Crippen molar-refractivity contribution in [1.82, 2.24) is 4.31 Å². The highest BCUT2D eigenvalue weighted by Crippen LogP contribution is 2.19. The summed E-state index contributed by atoms with van der Waals surface area (Å²) in [6.45, 7) is 14.6. The average Bonchev–Trinajstić information content (AvgIpc) is 2.38. The molecule has 0 aromatic heterocycles. The van der Waals surface area contributed by atoms with Gasteiger partial charge in [-0.2, -0.15) is 4.31 Å². The first-order chi connectivity index (χ1) is 10.9. The summed E-state index contributed by atoms with van der Waals surface area (Å²) in [5, 5.41) is -1.58. The first-order valence-corrected chi connectivity index (χ1v) is 9.04. The zero-order chi connectivity index (χ0) is 19.1. The van der Waals surface area contributed by atoms with Gasteiger partial charge in [-0.3, -0.25) is 4.79 Å². The molecule has 1 unspecified atom stereocenters. The molecule has 0 saturated carbocycles. The molecule has 0 aromatic rings. The lowest BCUT2D eigenvalue weighted by Gasteiger charge is -2.28. The van der Waals surface area contributed by atoms with Crippen molar-refractivity contribution in [2.45, 2.75) is 58.0 Å². The summed E-state index contributed by atoms with van der Waals surface area (Å²) in [4.78, 5) is 24.4. The zero-order valence-corrected chi connectivity index (χ0v) is 15.8. The summed E-state index contributed by atoms with van der Waals surface area (Å²) in [6.07, 6.45) is 0.762. The van der Waals surface area contributed by atoms with Crippen LogP contribution >= 0.6 is 0 Å². The van der Waals surface area contributed by atoms with E-state index in [-0.39, 0.29) is 13.0 Å². The molecule has 7 nitrogen and oxygen atoms in total. The highest BCUT2D eigenvalue weighted by Gasteiger charge is 2.41. The van der Waals surface area contributed by atoms with Crippen molar-refractivity contribution in [2.75, 3.05) is 6.54 Å². The van der Waals surface area contributed by atoms with Crippen LogP contribution in [-0.2, 0) is 24.3 Å². The van der Waals surface area contributed by atoms with Crippen LogP contribution in [0.1, 0.15) is 41.0 Å². The van der Waals surface area contributed by atoms with Crippen LogP contribution in [0.4, 0.5) is 4.79 Å². The molecule has 0 saturated heterocycles. The minimum absolute atomic E-state index is 0.190. The number of ether oxygens (including phenoxy) is 2. The van der Waals surface area contributed by atoms with Crippen LogP contribution in [0.3, 0.4) is 0 Å². The van der Waals surface area contributed by atoms with Crippen molar-refractivity contribution in [3.8, 4) is 0 Å². The second-order valence-electron chi connectivity index (χ2n) is 6.34. The maximum absolute atomic E-state index is 12.8. The van der Waals surface area contributed by atoms with Crippen molar-refractivity contribution >= 4 is 22.1 Å². The number of nitrogens with zero attached hydrogens (tertiary/aromatic N) is 1. The van der Waals surface area contributed by atoms with Gasteiger partial charge >= 0.3 is 12.1 Å². The van der Waals surface area contributed by atoms with Crippen molar-refractivity contribution in [3.05, 3.63) is 25.3 Å². The summed E-state index contributed by atoms with van der Waals surface area (Å²) in [6, 6.07) is 0. The maximum Gasteiger partial charge on any atom is 0.424 e. The lowest BCUT2D eigenvalue weighted by Crippen LogP contribution is -2.48. The molecule has 0 radical (unpaired) electrons. The van der Waals surface area contributed by atoms with Gasteiger partial charge in [0.15, 0.2) is 5.25 Å². The number of carbonyl (C=O) groups excluding carboxylic acids is 2. The Kier molecular flexibility index (Phi) is 8.19. The Hall–Kier alpha value is -1.83. The molecule has 0 aliphatic carbocycles. The average molecular weight is 361 g/mol. The third kappa shape index (κ3) is 6.74. The van der Waals surface area contributed by atoms with E-state index in [1.807, 2.05) is 0 Å². The van der Waals surface area contributed by atoms with Crippen molar-refractivity contribution in [1.29, 1.82) is 0 Å². The van der Waals surface area contributed by atoms with E-state index in [0.29, 0.717) is 4.31 Å². The van der Waals surface area contributed by atoms with E-state index in [1.165, 1.54) is 12.2 Å². The van der Waals surface area contributed by atoms with Crippen molar-refractivity contribution in [2.24, 2.45) is 0 Å². The van der Waals surface area contributed by atoms with Gasteiger partial charge in [-0.15, -0.1) is 13.2 Å². The first-order valence-electron chi connectivity index (χ1n) is 7.53. The van der Waals surface area contributed by atoms with Crippen LogP contribution in [0.2, 0.25) is 0 Å². The van der Waals surface area contributed by atoms with Crippen molar-refractivity contribution in [3.63, 3.8) is 0 Å². The molecule has 8 heteroatoms. The number of carbonyl (C=O) groups is 2. The number of allylic oxidation sites excluding steroid dienone is 1. The van der Waals surface area contributed by atoms with Gasteiger partial charge in [-0.05, 0) is 41.0 Å². The minimum atomic E-state index is -4.36. The molecule has 0 spiro atoms. The highest BCUT2D eigenvalue weighted by atomic mass is 32.2. The smallest absolute Gasteiger partial charge is 0.424 e. The Labute approximate surface area is 144 Å². The highest BCUT2D eigenvalue weighted by molar-refractivity contribution is 7.91. The van der Waals surface area contributed by atoms with E-state index in [4.69, 9.17) is 9.47 Å². The molecule has 1 amide bonds. The first kappa shape index (κ1) is 22.2. The summed E-state index contributed by atoms with van der Waals surface area (Å²) >= 11 is 0. The molecule has 24 heavy (non-hydrogen) atoms. The van der Waals surface area contributed by atoms with E-state index in [9.17, 15) is 18.0 Å². The predicted molar refractivity (Wildman–Crippen MR) is 91.9 cm³/mol. The Morgan fingerprint density at radius 2 is 1.71 bits per heavy atom. The summed E-state index contributed by atoms with van der Waals surface area (Å²) in [7, 11) is -4.36. The van der Waals surface area contributed by atoms with Crippen LogP contribution in [0.25, 0.3) is 0 Å². The van der Waals surface area contributed by atoms with E-state index in [0.717, 1.165) is 0 Å². The number of amides is 1. The van der Waals surface area contributed by atoms with E-state index in [1.54, 1.807) is 34.6 Å². The Morgan fingerprint density at radius 1 is 1.17 bits per heavy atom. The fraction of sp³-hybridized carbons (Fsp3) is 0.625. The van der Waals surface area contributed by atoms with Gasteiger partial charge in [0.1, 0.15) is 5.60 Å². The van der Waals surface area contributed by atoms with Gasteiger partial charge in [0.05, 0.1) is 12.6 Å². The molecule has 0 fully saturated rings. The van der Waals surface area contributed by atoms with E-state index >= 15 is 0 Å². The number of sulfonamides is 1. The normalized spacial score (nSPS) is 13.1.